The molecular formula is C22H32O3. The SMILES string of the molecule is CCCCOCCOCCCC.c1ccc(Oc2ccccc2)cc1. The van der Waals surface area contributed by atoms with Crippen LogP contribution in [0, 0.1) is 0 Å². The second kappa shape index (κ2) is 15.7. The zero-order valence-corrected chi connectivity index (χ0v) is 15.7. The summed E-state index contributed by atoms with van der Waals surface area (Å²) in [4.78, 5) is 0. The summed E-state index contributed by atoms with van der Waals surface area (Å²) in [5, 5.41) is 0. The molecule has 0 aliphatic rings. The Morgan fingerprint density at radius 2 is 0.960 bits per heavy atom. The van der Waals surface area contributed by atoms with Gasteiger partial charge in [-0.3, -0.25) is 0 Å². The highest BCUT2D eigenvalue weighted by molar-refractivity contribution is 5.30. The highest BCUT2D eigenvalue weighted by atomic mass is 16.5. The smallest absolute Gasteiger partial charge is 0.127 e. The number of hydrogen-bond donors (Lipinski definition) is 0. The number of ether oxygens (including phenoxy) is 3. The molecule has 0 aromatic heterocycles. The molecule has 0 N–H and O–H groups in total. The number of hydrogen-bond acceptors (Lipinski definition) is 3. The quantitative estimate of drug-likeness (QED) is 0.461. The molecule has 2 aromatic carbocycles. The van der Waals surface area contributed by atoms with Crippen molar-refractivity contribution >= 4 is 0 Å². The molecule has 0 amide bonds. The summed E-state index contributed by atoms with van der Waals surface area (Å²) in [7, 11) is 0. The lowest BCUT2D eigenvalue weighted by atomic mass is 10.3. The number of benzene rings is 2. The predicted molar refractivity (Wildman–Crippen MR) is 104 cm³/mol. The Balaban J connectivity index is 0.000000252. The van der Waals surface area contributed by atoms with Gasteiger partial charge < -0.3 is 14.2 Å². The molecule has 138 valence electrons. The van der Waals surface area contributed by atoms with Crippen molar-refractivity contribution in [3.63, 3.8) is 0 Å². The van der Waals surface area contributed by atoms with Crippen LogP contribution in [0.2, 0.25) is 0 Å². The first kappa shape index (κ1) is 21.2. The zero-order valence-electron chi connectivity index (χ0n) is 15.7. The summed E-state index contributed by atoms with van der Waals surface area (Å²) in [5.74, 6) is 1.74. The van der Waals surface area contributed by atoms with Crippen LogP contribution in [-0.4, -0.2) is 26.4 Å². The van der Waals surface area contributed by atoms with Gasteiger partial charge in [0.25, 0.3) is 0 Å². The Kier molecular flexibility index (Phi) is 13.3. The van der Waals surface area contributed by atoms with E-state index in [0.717, 1.165) is 50.8 Å². The molecule has 0 saturated heterocycles. The van der Waals surface area contributed by atoms with Gasteiger partial charge in [0.2, 0.25) is 0 Å². The summed E-state index contributed by atoms with van der Waals surface area (Å²) in [6.07, 6.45) is 4.73. The summed E-state index contributed by atoms with van der Waals surface area (Å²) in [6, 6.07) is 19.5. The number of rotatable bonds is 11. The Morgan fingerprint density at radius 1 is 0.560 bits per heavy atom. The van der Waals surface area contributed by atoms with Crippen LogP contribution in [0.3, 0.4) is 0 Å². The van der Waals surface area contributed by atoms with Crippen LogP contribution in [0.15, 0.2) is 60.7 Å². The van der Waals surface area contributed by atoms with Gasteiger partial charge in [-0.2, -0.15) is 0 Å². The molecule has 3 nitrogen and oxygen atoms in total. The van der Waals surface area contributed by atoms with Crippen LogP contribution in [0.25, 0.3) is 0 Å². The van der Waals surface area contributed by atoms with Gasteiger partial charge in [0.15, 0.2) is 0 Å². The molecule has 0 atom stereocenters. The van der Waals surface area contributed by atoms with Crippen molar-refractivity contribution in [3.8, 4) is 11.5 Å². The summed E-state index contributed by atoms with van der Waals surface area (Å²) < 4.78 is 16.2. The van der Waals surface area contributed by atoms with Gasteiger partial charge in [-0.1, -0.05) is 63.1 Å². The van der Waals surface area contributed by atoms with Crippen LogP contribution in [-0.2, 0) is 9.47 Å². The monoisotopic (exact) mass is 344 g/mol. The van der Waals surface area contributed by atoms with Crippen molar-refractivity contribution in [3.05, 3.63) is 60.7 Å². The second-order valence-corrected chi connectivity index (χ2v) is 5.66. The maximum atomic E-state index is 5.58. The molecule has 2 aromatic rings. The van der Waals surface area contributed by atoms with Gasteiger partial charge in [-0.15, -0.1) is 0 Å². The maximum Gasteiger partial charge on any atom is 0.127 e. The van der Waals surface area contributed by atoms with E-state index in [1.165, 1.54) is 12.8 Å². The Labute approximate surface area is 152 Å². The van der Waals surface area contributed by atoms with E-state index in [-0.39, 0.29) is 0 Å². The summed E-state index contributed by atoms with van der Waals surface area (Å²) in [6.45, 7) is 7.61. The Hall–Kier alpha value is -1.84. The zero-order chi connectivity index (χ0) is 18.0. The van der Waals surface area contributed by atoms with Crippen LogP contribution < -0.4 is 4.74 Å². The number of para-hydroxylation sites is 2. The van der Waals surface area contributed by atoms with E-state index < -0.39 is 0 Å². The van der Waals surface area contributed by atoms with Crippen molar-refractivity contribution in [2.24, 2.45) is 0 Å². The summed E-state index contributed by atoms with van der Waals surface area (Å²) >= 11 is 0. The fraction of sp³-hybridized carbons (Fsp3) is 0.455. The van der Waals surface area contributed by atoms with Crippen molar-refractivity contribution in [2.45, 2.75) is 39.5 Å². The van der Waals surface area contributed by atoms with Crippen LogP contribution in [0.5, 0.6) is 11.5 Å². The maximum absolute atomic E-state index is 5.58. The van der Waals surface area contributed by atoms with Crippen LogP contribution >= 0.6 is 0 Å². The van der Waals surface area contributed by atoms with Gasteiger partial charge >= 0.3 is 0 Å². The number of unbranched alkanes of at least 4 members (excludes halogenated alkanes) is 2. The lowest BCUT2D eigenvalue weighted by Gasteiger charge is -2.03. The minimum atomic E-state index is 0.754. The highest BCUT2D eigenvalue weighted by Gasteiger charge is 1.92. The molecule has 0 aliphatic carbocycles. The molecule has 0 fully saturated rings. The molecule has 0 saturated carbocycles. The van der Waals surface area contributed by atoms with E-state index in [2.05, 4.69) is 13.8 Å². The van der Waals surface area contributed by atoms with E-state index in [1.807, 2.05) is 60.7 Å². The van der Waals surface area contributed by atoms with E-state index in [4.69, 9.17) is 14.2 Å². The lowest BCUT2D eigenvalue weighted by molar-refractivity contribution is 0.0457. The van der Waals surface area contributed by atoms with Gasteiger partial charge in [0.05, 0.1) is 13.2 Å². The van der Waals surface area contributed by atoms with E-state index in [9.17, 15) is 0 Å². The average Bonchev–Trinajstić information content (AvgIpc) is 2.66. The molecule has 3 heteroatoms. The third-order valence-electron chi connectivity index (χ3n) is 3.38. The third-order valence-corrected chi connectivity index (χ3v) is 3.38. The van der Waals surface area contributed by atoms with Crippen molar-refractivity contribution < 1.29 is 14.2 Å². The fourth-order valence-corrected chi connectivity index (χ4v) is 1.93. The lowest BCUT2D eigenvalue weighted by Crippen LogP contribution is -2.05. The van der Waals surface area contributed by atoms with E-state index in [1.54, 1.807) is 0 Å². The molecule has 25 heavy (non-hydrogen) atoms. The molecule has 2 rings (SSSR count). The largest absolute Gasteiger partial charge is 0.457 e. The van der Waals surface area contributed by atoms with Crippen molar-refractivity contribution in [2.75, 3.05) is 26.4 Å². The van der Waals surface area contributed by atoms with Crippen molar-refractivity contribution in [1.82, 2.24) is 0 Å². The molecular weight excluding hydrogens is 312 g/mol. The van der Waals surface area contributed by atoms with Gasteiger partial charge in [-0.25, -0.2) is 0 Å². The average molecular weight is 344 g/mol. The predicted octanol–water partition coefficient (Wildman–Crippen LogP) is 6.10. The standard InChI is InChI=1S/C12H10O.C10H22O2/c1-3-7-11(8-4-1)13-12-9-5-2-6-10-12;1-3-5-7-11-9-10-12-8-6-4-2/h1-10H;3-10H2,1-2H3. The minimum Gasteiger partial charge on any atom is -0.457 e. The second-order valence-electron chi connectivity index (χ2n) is 5.66. The van der Waals surface area contributed by atoms with Crippen molar-refractivity contribution in [1.29, 1.82) is 0 Å². The fourth-order valence-electron chi connectivity index (χ4n) is 1.93. The van der Waals surface area contributed by atoms with Gasteiger partial charge in [0.1, 0.15) is 11.5 Å². The normalized spacial score (nSPS) is 10.0. The van der Waals surface area contributed by atoms with Crippen LogP contribution in [0.1, 0.15) is 39.5 Å². The molecule has 0 spiro atoms. The van der Waals surface area contributed by atoms with Gasteiger partial charge in [-0.05, 0) is 37.1 Å². The Morgan fingerprint density at radius 3 is 1.32 bits per heavy atom. The molecule has 0 unspecified atom stereocenters. The van der Waals surface area contributed by atoms with Crippen LogP contribution in [0.4, 0.5) is 0 Å². The first-order valence-corrected chi connectivity index (χ1v) is 9.30. The van der Waals surface area contributed by atoms with E-state index >= 15 is 0 Å². The first-order chi connectivity index (χ1) is 12.4. The van der Waals surface area contributed by atoms with E-state index in [0.29, 0.717) is 0 Å². The first-order valence-electron chi connectivity index (χ1n) is 9.30. The highest BCUT2D eigenvalue weighted by Crippen LogP contribution is 2.19. The van der Waals surface area contributed by atoms with Gasteiger partial charge in [0, 0.05) is 13.2 Å². The third kappa shape index (κ3) is 12.2. The molecule has 0 bridgehead atoms. The minimum absolute atomic E-state index is 0.754. The molecule has 0 heterocycles. The Bertz CT molecular complexity index is 452. The topological polar surface area (TPSA) is 27.7 Å². The molecule has 0 aliphatic heterocycles. The molecule has 0 radical (unpaired) electrons. The summed E-state index contributed by atoms with van der Waals surface area (Å²) in [5.41, 5.74) is 0.